The Morgan fingerprint density at radius 1 is 0.920 bits per heavy atom. The third kappa shape index (κ3) is 9.56. The number of carbonyl (C=O) groups is 3. The average Bonchev–Trinajstić information content (AvgIpc) is 3.82. The van der Waals surface area contributed by atoms with Gasteiger partial charge in [-0.05, 0) is 60.1 Å². The van der Waals surface area contributed by atoms with Gasteiger partial charge in [-0.25, -0.2) is 14.8 Å². The molecule has 4 aromatic rings. The summed E-state index contributed by atoms with van der Waals surface area (Å²) in [5, 5.41) is 12.7. The first kappa shape index (κ1) is 36.7. The molecular formula is C40H48N4O5S. The Kier molecular flexibility index (Phi) is 12.4. The standard InChI is InChI=1S/C40H48N4O5S/c1-5-6-7-8-9-23-49-31-18-16-27(17-19-31)30-25-41-37(42-26-30)29-14-12-28(13-15-29)32(24-34(45)33-11-10-22-44(33)39(47)48)43-38(46)35-20-21-36(50-35)40(2,3)4/h12-21,25-26,32-33H,5-11,22-24H2,1-4H3,(H,43,46)(H,47,48)/t32-,33-/m0/s1. The molecule has 9 nitrogen and oxygen atoms in total. The fourth-order valence-corrected chi connectivity index (χ4v) is 7.11. The molecule has 2 N–H and O–H groups in total. The van der Waals surface area contributed by atoms with Crippen molar-refractivity contribution in [2.45, 2.75) is 96.6 Å². The Balaban J connectivity index is 1.27. The lowest BCUT2D eigenvalue weighted by atomic mass is 9.95. The molecule has 1 aliphatic rings. The largest absolute Gasteiger partial charge is 0.494 e. The molecule has 1 fully saturated rings. The van der Waals surface area contributed by atoms with E-state index < -0.39 is 18.2 Å². The van der Waals surface area contributed by atoms with Crippen molar-refractivity contribution >= 4 is 29.1 Å². The lowest BCUT2D eigenvalue weighted by Crippen LogP contribution is -2.41. The van der Waals surface area contributed by atoms with Gasteiger partial charge < -0.3 is 15.2 Å². The third-order valence-corrected chi connectivity index (χ3v) is 10.6. The third-order valence-electron chi connectivity index (χ3n) is 9.08. The minimum atomic E-state index is -1.10. The van der Waals surface area contributed by atoms with Crippen LogP contribution in [0.5, 0.6) is 5.75 Å². The molecule has 0 aliphatic carbocycles. The van der Waals surface area contributed by atoms with Gasteiger partial charge in [0.25, 0.3) is 5.91 Å². The molecule has 1 saturated heterocycles. The summed E-state index contributed by atoms with van der Waals surface area (Å²) in [5.41, 5.74) is 3.32. The zero-order valence-electron chi connectivity index (χ0n) is 29.5. The van der Waals surface area contributed by atoms with Crippen molar-refractivity contribution in [2.75, 3.05) is 13.2 Å². The van der Waals surface area contributed by atoms with Crippen LogP contribution in [0.2, 0.25) is 0 Å². The van der Waals surface area contributed by atoms with Crippen LogP contribution < -0.4 is 10.1 Å². The predicted octanol–water partition coefficient (Wildman–Crippen LogP) is 9.09. The van der Waals surface area contributed by atoms with Crippen LogP contribution in [-0.4, -0.2) is 57.0 Å². The maximum absolute atomic E-state index is 13.5. The van der Waals surface area contributed by atoms with Gasteiger partial charge in [-0.2, -0.15) is 0 Å². The molecule has 2 aromatic carbocycles. The van der Waals surface area contributed by atoms with Gasteiger partial charge in [0.05, 0.1) is 23.6 Å². The van der Waals surface area contributed by atoms with Crippen LogP contribution in [0.1, 0.15) is 105 Å². The Morgan fingerprint density at radius 2 is 1.60 bits per heavy atom. The molecule has 3 heterocycles. The number of carbonyl (C=O) groups excluding carboxylic acids is 2. The van der Waals surface area contributed by atoms with Crippen molar-refractivity contribution in [1.82, 2.24) is 20.2 Å². The van der Waals surface area contributed by atoms with Crippen LogP contribution in [0.4, 0.5) is 4.79 Å². The molecule has 0 spiro atoms. The fraction of sp³-hybridized carbons (Fsp3) is 0.425. The molecule has 10 heteroatoms. The number of carboxylic acid groups (broad SMARTS) is 1. The maximum atomic E-state index is 13.5. The van der Waals surface area contributed by atoms with E-state index >= 15 is 0 Å². The molecule has 0 unspecified atom stereocenters. The highest BCUT2D eigenvalue weighted by Gasteiger charge is 2.35. The number of benzene rings is 2. The monoisotopic (exact) mass is 696 g/mol. The van der Waals surface area contributed by atoms with Crippen LogP contribution in [0.3, 0.4) is 0 Å². The number of Topliss-reactive ketones (excluding diaryl/α,β-unsaturated/α-hetero) is 1. The molecule has 1 aliphatic heterocycles. The van der Waals surface area contributed by atoms with Crippen molar-refractivity contribution < 1.29 is 24.2 Å². The number of hydrogen-bond donors (Lipinski definition) is 2. The normalized spacial score (nSPS) is 15.1. The van der Waals surface area contributed by atoms with Crippen molar-refractivity contribution in [3.8, 4) is 28.3 Å². The summed E-state index contributed by atoms with van der Waals surface area (Å²) in [7, 11) is 0. The Hall–Kier alpha value is -4.57. The zero-order valence-corrected chi connectivity index (χ0v) is 30.3. The summed E-state index contributed by atoms with van der Waals surface area (Å²) >= 11 is 1.43. The summed E-state index contributed by atoms with van der Waals surface area (Å²) in [6, 6.07) is 17.9. The number of unbranched alkanes of at least 4 members (excludes halogenated alkanes) is 4. The number of ether oxygens (including phenoxy) is 1. The van der Waals surface area contributed by atoms with Crippen LogP contribution in [0, 0.1) is 0 Å². The zero-order chi connectivity index (χ0) is 35.7. The smallest absolute Gasteiger partial charge is 0.407 e. The van der Waals surface area contributed by atoms with Crippen LogP contribution in [0.25, 0.3) is 22.5 Å². The minimum Gasteiger partial charge on any atom is -0.494 e. The second kappa shape index (κ2) is 16.9. The van der Waals surface area contributed by atoms with E-state index in [2.05, 4.69) is 43.0 Å². The van der Waals surface area contributed by atoms with E-state index in [1.54, 1.807) is 12.4 Å². The van der Waals surface area contributed by atoms with E-state index in [9.17, 15) is 19.5 Å². The first-order valence-electron chi connectivity index (χ1n) is 17.6. The number of nitrogens with zero attached hydrogens (tertiary/aromatic N) is 3. The average molecular weight is 697 g/mol. The van der Waals surface area contributed by atoms with Crippen LogP contribution in [-0.2, 0) is 10.2 Å². The van der Waals surface area contributed by atoms with Gasteiger partial charge in [-0.3, -0.25) is 14.5 Å². The van der Waals surface area contributed by atoms with E-state index in [4.69, 9.17) is 4.74 Å². The van der Waals surface area contributed by atoms with E-state index in [0.717, 1.165) is 45.9 Å². The van der Waals surface area contributed by atoms with E-state index in [-0.39, 0.29) is 23.5 Å². The molecule has 0 radical (unpaired) electrons. The van der Waals surface area contributed by atoms with E-state index in [0.29, 0.717) is 30.1 Å². The van der Waals surface area contributed by atoms with Gasteiger partial charge in [0.2, 0.25) is 0 Å². The van der Waals surface area contributed by atoms with Gasteiger partial charge in [-0.15, -0.1) is 11.3 Å². The fourth-order valence-electron chi connectivity index (χ4n) is 6.14. The minimum absolute atomic E-state index is 0.0228. The summed E-state index contributed by atoms with van der Waals surface area (Å²) in [4.78, 5) is 50.8. The van der Waals surface area contributed by atoms with Gasteiger partial charge in [0.15, 0.2) is 11.6 Å². The molecular weight excluding hydrogens is 649 g/mol. The lowest BCUT2D eigenvalue weighted by molar-refractivity contribution is -0.123. The number of rotatable bonds is 15. The summed E-state index contributed by atoms with van der Waals surface area (Å²) in [6.45, 7) is 9.56. The van der Waals surface area contributed by atoms with Gasteiger partial charge >= 0.3 is 6.09 Å². The highest BCUT2D eigenvalue weighted by Crippen LogP contribution is 2.31. The topological polar surface area (TPSA) is 122 Å². The predicted molar refractivity (Wildman–Crippen MR) is 198 cm³/mol. The maximum Gasteiger partial charge on any atom is 0.407 e. The van der Waals surface area contributed by atoms with Crippen molar-refractivity contribution in [3.05, 3.63) is 88.4 Å². The molecule has 2 atom stereocenters. The molecule has 264 valence electrons. The number of hydrogen-bond acceptors (Lipinski definition) is 7. The lowest BCUT2D eigenvalue weighted by Gasteiger charge is -2.24. The molecule has 2 amide bonds. The second-order valence-electron chi connectivity index (χ2n) is 13.9. The van der Waals surface area contributed by atoms with Crippen molar-refractivity contribution in [2.24, 2.45) is 0 Å². The summed E-state index contributed by atoms with van der Waals surface area (Å²) in [5.74, 6) is 0.929. The number of nitrogens with one attached hydrogen (secondary N) is 1. The molecule has 0 saturated carbocycles. The number of amides is 2. The van der Waals surface area contributed by atoms with Crippen LogP contribution in [0.15, 0.2) is 73.1 Å². The van der Waals surface area contributed by atoms with E-state index in [1.165, 1.54) is 41.9 Å². The van der Waals surface area contributed by atoms with Gasteiger partial charge in [0.1, 0.15) is 5.75 Å². The number of likely N-dealkylation sites (tertiary alicyclic amines) is 1. The highest BCUT2D eigenvalue weighted by molar-refractivity contribution is 7.14. The van der Waals surface area contributed by atoms with E-state index in [1.807, 2.05) is 60.7 Å². The molecule has 50 heavy (non-hydrogen) atoms. The quantitative estimate of drug-likeness (QED) is 0.119. The van der Waals surface area contributed by atoms with Crippen molar-refractivity contribution in [3.63, 3.8) is 0 Å². The highest BCUT2D eigenvalue weighted by atomic mass is 32.1. The van der Waals surface area contributed by atoms with Crippen LogP contribution >= 0.6 is 11.3 Å². The number of aromatic nitrogens is 2. The number of thiophene rings is 1. The second-order valence-corrected chi connectivity index (χ2v) is 15.0. The first-order chi connectivity index (χ1) is 24.0. The van der Waals surface area contributed by atoms with Gasteiger partial charge in [0, 0.05) is 41.4 Å². The van der Waals surface area contributed by atoms with Gasteiger partial charge in [-0.1, -0.05) is 89.8 Å². The summed E-state index contributed by atoms with van der Waals surface area (Å²) in [6.07, 6.45) is 9.60. The SMILES string of the molecule is CCCCCCCOc1ccc(-c2cnc(-c3ccc([C@H](CC(=O)[C@@H]4CCCN4C(=O)O)NC(=O)c4ccc(C(C)(C)C)s4)cc3)nc2)cc1. The molecule has 0 bridgehead atoms. The van der Waals surface area contributed by atoms with Crippen molar-refractivity contribution in [1.29, 1.82) is 0 Å². The first-order valence-corrected chi connectivity index (χ1v) is 18.4. The molecule has 5 rings (SSSR count). The Bertz CT molecular complexity index is 1730. The summed E-state index contributed by atoms with van der Waals surface area (Å²) < 4.78 is 5.90. The Labute approximate surface area is 299 Å². The molecule has 2 aromatic heterocycles. The Morgan fingerprint density at radius 3 is 2.24 bits per heavy atom. The number of ketones is 1.